The average molecular weight is 714 g/mol. The highest BCUT2D eigenvalue weighted by atomic mass is 16.5. The van der Waals surface area contributed by atoms with E-state index in [1.807, 2.05) is 18.2 Å². The third-order valence-corrected chi connectivity index (χ3v) is 10.2. The highest BCUT2D eigenvalue weighted by molar-refractivity contribution is 6.09. The number of unbranched alkanes of at least 4 members (excludes halogenated alkanes) is 15. The standard InChI is InChI=1S/C48H63N3O2/c1-4-7-10-13-16-21-31-51-45-27-20-19-26-43(45)44-29-28-39(35-46(44)51)42(38-50)34-41-37-47(52-32-22-17-14-11-8-5-2)40(25-24-30-49)36-48(41)53-33-23-18-15-12-9-6-3/h19-20,24-29,34-37H,4-18,21-23,31-33H2,1-3H3/b25-24+,42-34+. The number of aromatic nitrogens is 1. The summed E-state index contributed by atoms with van der Waals surface area (Å²) >= 11 is 0. The molecule has 0 saturated heterocycles. The third kappa shape index (κ3) is 12.9. The second kappa shape index (κ2) is 24.0. The zero-order valence-corrected chi connectivity index (χ0v) is 32.9. The molecule has 0 saturated carbocycles. The highest BCUT2D eigenvalue weighted by Crippen LogP contribution is 2.36. The summed E-state index contributed by atoms with van der Waals surface area (Å²) in [6.45, 7) is 8.89. The van der Waals surface area contributed by atoms with Crippen molar-refractivity contribution in [2.45, 2.75) is 143 Å². The minimum Gasteiger partial charge on any atom is -0.493 e. The minimum atomic E-state index is 0.579. The lowest BCUT2D eigenvalue weighted by Gasteiger charge is -2.16. The molecule has 0 atom stereocenters. The van der Waals surface area contributed by atoms with Crippen LogP contribution in [-0.4, -0.2) is 17.8 Å². The summed E-state index contributed by atoms with van der Waals surface area (Å²) in [5.41, 5.74) is 5.50. The van der Waals surface area contributed by atoms with Gasteiger partial charge in [-0.15, -0.1) is 0 Å². The van der Waals surface area contributed by atoms with E-state index in [0.29, 0.717) is 30.3 Å². The molecule has 3 aromatic carbocycles. The SMILES string of the molecule is CCCCCCCCOc1cc(/C=C/C#N)c(OCCCCCCCC)cc1/C=C(\C#N)c1ccc2c3ccccc3n(CCCCCCCC)c2c1. The van der Waals surface area contributed by atoms with Gasteiger partial charge in [0.25, 0.3) is 0 Å². The van der Waals surface area contributed by atoms with E-state index in [1.54, 1.807) is 6.08 Å². The van der Waals surface area contributed by atoms with Crippen LogP contribution in [0.4, 0.5) is 0 Å². The van der Waals surface area contributed by atoms with E-state index >= 15 is 0 Å². The van der Waals surface area contributed by atoms with Crippen LogP contribution < -0.4 is 9.47 Å². The van der Waals surface area contributed by atoms with Gasteiger partial charge in [-0.25, -0.2) is 0 Å². The molecule has 0 aliphatic heterocycles. The van der Waals surface area contributed by atoms with Crippen LogP contribution in [0.25, 0.3) is 39.5 Å². The van der Waals surface area contributed by atoms with E-state index in [-0.39, 0.29) is 0 Å². The molecule has 1 aromatic heterocycles. The summed E-state index contributed by atoms with van der Waals surface area (Å²) in [6.07, 6.45) is 26.9. The highest BCUT2D eigenvalue weighted by Gasteiger charge is 2.15. The molecule has 0 amide bonds. The molecule has 0 N–H and O–H groups in total. The van der Waals surface area contributed by atoms with Crippen LogP contribution in [0.2, 0.25) is 0 Å². The summed E-state index contributed by atoms with van der Waals surface area (Å²) < 4.78 is 15.3. The van der Waals surface area contributed by atoms with Gasteiger partial charge in [-0.1, -0.05) is 147 Å². The number of nitriles is 2. The van der Waals surface area contributed by atoms with Crippen LogP contribution in [0.15, 0.2) is 60.7 Å². The maximum absolute atomic E-state index is 10.6. The first-order chi connectivity index (χ1) is 26.1. The molecule has 1 heterocycles. The van der Waals surface area contributed by atoms with Gasteiger partial charge in [0.05, 0.1) is 30.9 Å². The number of aryl methyl sites for hydroxylation is 1. The molecular weight excluding hydrogens is 651 g/mol. The molecule has 5 heteroatoms. The van der Waals surface area contributed by atoms with Crippen LogP contribution in [0.3, 0.4) is 0 Å². The lowest BCUT2D eigenvalue weighted by molar-refractivity contribution is 0.295. The van der Waals surface area contributed by atoms with E-state index < -0.39 is 0 Å². The van der Waals surface area contributed by atoms with Gasteiger partial charge in [-0.05, 0) is 61.2 Å². The molecule has 0 fully saturated rings. The Morgan fingerprint density at radius 1 is 0.604 bits per heavy atom. The summed E-state index contributed by atoms with van der Waals surface area (Å²) in [7, 11) is 0. The van der Waals surface area contributed by atoms with Gasteiger partial charge >= 0.3 is 0 Å². The van der Waals surface area contributed by atoms with Crippen molar-refractivity contribution in [2.24, 2.45) is 0 Å². The molecule has 53 heavy (non-hydrogen) atoms. The van der Waals surface area contributed by atoms with E-state index in [2.05, 4.69) is 79.9 Å². The maximum atomic E-state index is 10.6. The fraction of sp³-hybridized carbons (Fsp3) is 0.500. The second-order valence-electron chi connectivity index (χ2n) is 14.5. The van der Waals surface area contributed by atoms with Crippen molar-refractivity contribution in [3.63, 3.8) is 0 Å². The number of hydrogen-bond acceptors (Lipinski definition) is 4. The Morgan fingerprint density at radius 3 is 1.77 bits per heavy atom. The lowest BCUT2D eigenvalue weighted by atomic mass is 10.00. The number of hydrogen-bond donors (Lipinski definition) is 0. The van der Waals surface area contributed by atoms with Crippen molar-refractivity contribution >= 4 is 39.5 Å². The number of para-hydroxylation sites is 1. The van der Waals surface area contributed by atoms with Crippen LogP contribution in [0.1, 0.15) is 153 Å². The molecule has 5 nitrogen and oxygen atoms in total. The minimum absolute atomic E-state index is 0.579. The van der Waals surface area contributed by atoms with Crippen molar-refractivity contribution in [3.05, 3.63) is 77.4 Å². The number of benzene rings is 3. The Morgan fingerprint density at radius 2 is 1.15 bits per heavy atom. The van der Waals surface area contributed by atoms with Gasteiger partial charge < -0.3 is 14.0 Å². The number of rotatable bonds is 26. The van der Waals surface area contributed by atoms with E-state index in [0.717, 1.165) is 60.9 Å². The second-order valence-corrected chi connectivity index (χ2v) is 14.5. The zero-order valence-electron chi connectivity index (χ0n) is 32.9. The molecular formula is C48H63N3O2. The molecule has 0 bridgehead atoms. The van der Waals surface area contributed by atoms with E-state index in [9.17, 15) is 10.5 Å². The normalized spacial score (nSPS) is 11.8. The fourth-order valence-electron chi connectivity index (χ4n) is 7.18. The number of ether oxygens (including phenoxy) is 2. The summed E-state index contributed by atoms with van der Waals surface area (Å²) in [5, 5.41) is 22.5. The summed E-state index contributed by atoms with van der Waals surface area (Å²) in [6, 6.07) is 23.7. The quantitative estimate of drug-likeness (QED) is 0.0369. The maximum Gasteiger partial charge on any atom is 0.127 e. The zero-order chi connectivity index (χ0) is 37.5. The van der Waals surface area contributed by atoms with E-state index in [4.69, 9.17) is 9.47 Å². The molecule has 0 radical (unpaired) electrons. The number of fused-ring (bicyclic) bond motifs is 3. The molecule has 4 rings (SSSR count). The summed E-state index contributed by atoms with van der Waals surface area (Å²) in [4.78, 5) is 0. The van der Waals surface area contributed by atoms with Gasteiger partial charge in [-0.3, -0.25) is 0 Å². The molecule has 0 unspecified atom stereocenters. The van der Waals surface area contributed by atoms with Gasteiger partial charge in [-0.2, -0.15) is 10.5 Å². The Labute approximate surface area is 320 Å². The van der Waals surface area contributed by atoms with Gasteiger partial charge in [0.2, 0.25) is 0 Å². The fourth-order valence-corrected chi connectivity index (χ4v) is 7.18. The first-order valence-corrected chi connectivity index (χ1v) is 20.8. The average Bonchev–Trinajstić information content (AvgIpc) is 3.49. The Kier molecular flexibility index (Phi) is 18.7. The van der Waals surface area contributed by atoms with Gasteiger partial charge in [0.1, 0.15) is 11.5 Å². The van der Waals surface area contributed by atoms with Crippen molar-refractivity contribution < 1.29 is 9.47 Å². The predicted octanol–water partition coefficient (Wildman–Crippen LogP) is 14.2. The number of nitrogens with zero attached hydrogens (tertiary/aromatic N) is 3. The van der Waals surface area contributed by atoms with E-state index in [1.165, 1.54) is 106 Å². The lowest BCUT2D eigenvalue weighted by Crippen LogP contribution is -2.03. The summed E-state index contributed by atoms with van der Waals surface area (Å²) in [5.74, 6) is 1.41. The first kappa shape index (κ1) is 41.3. The molecule has 0 aliphatic rings. The number of allylic oxidation sites excluding steroid dienone is 2. The Bertz CT molecular complexity index is 1830. The largest absolute Gasteiger partial charge is 0.493 e. The van der Waals surface area contributed by atoms with Crippen LogP contribution in [-0.2, 0) is 6.54 Å². The van der Waals surface area contributed by atoms with Crippen molar-refractivity contribution in [1.82, 2.24) is 4.57 Å². The molecule has 0 aliphatic carbocycles. The van der Waals surface area contributed by atoms with Crippen molar-refractivity contribution in [2.75, 3.05) is 13.2 Å². The van der Waals surface area contributed by atoms with Crippen LogP contribution in [0.5, 0.6) is 11.5 Å². The van der Waals surface area contributed by atoms with Gasteiger partial charge in [0.15, 0.2) is 0 Å². The monoisotopic (exact) mass is 713 g/mol. The van der Waals surface area contributed by atoms with Crippen LogP contribution in [0, 0.1) is 22.7 Å². The topological polar surface area (TPSA) is 71.0 Å². The first-order valence-electron chi connectivity index (χ1n) is 20.8. The van der Waals surface area contributed by atoms with Crippen molar-refractivity contribution in [3.8, 4) is 23.6 Å². The van der Waals surface area contributed by atoms with Crippen LogP contribution >= 0.6 is 0 Å². The van der Waals surface area contributed by atoms with Crippen molar-refractivity contribution in [1.29, 1.82) is 10.5 Å². The molecule has 0 spiro atoms. The molecule has 4 aromatic rings. The Hall–Kier alpha value is -4.48. The predicted molar refractivity (Wildman–Crippen MR) is 225 cm³/mol. The smallest absolute Gasteiger partial charge is 0.127 e. The van der Waals surface area contributed by atoms with Gasteiger partial charge in [0, 0.05) is 45.6 Å². The Balaban J connectivity index is 1.68. The third-order valence-electron chi connectivity index (χ3n) is 10.2. The molecule has 282 valence electrons.